The minimum atomic E-state index is -3.67. The largest absolute Gasteiger partial charge is 0.310 e. The van der Waals surface area contributed by atoms with Gasteiger partial charge in [-0.1, -0.05) is 26.0 Å². The number of hydrogen-bond donors (Lipinski definition) is 2. The molecule has 0 bridgehead atoms. The van der Waals surface area contributed by atoms with Gasteiger partial charge in [-0.3, -0.25) is 0 Å². The van der Waals surface area contributed by atoms with Crippen LogP contribution in [0.3, 0.4) is 0 Å². The summed E-state index contributed by atoms with van der Waals surface area (Å²) in [5, 5.41) is 3.24. The van der Waals surface area contributed by atoms with Gasteiger partial charge in [0.15, 0.2) is 0 Å². The smallest absolute Gasteiger partial charge is 0.240 e. The molecule has 0 saturated carbocycles. The van der Waals surface area contributed by atoms with Crippen molar-refractivity contribution in [3.8, 4) is 0 Å². The van der Waals surface area contributed by atoms with Gasteiger partial charge in [-0.2, -0.15) is 0 Å². The molecule has 0 aliphatic carbocycles. The fraction of sp³-hybridized carbons (Fsp3) is 0.538. The fourth-order valence-electron chi connectivity index (χ4n) is 1.55. The molecule has 2 N–H and O–H groups in total. The molecule has 0 saturated heterocycles. The third kappa shape index (κ3) is 7.03. The highest BCUT2D eigenvalue weighted by atomic mass is 32.2. The van der Waals surface area contributed by atoms with Gasteiger partial charge in [0.05, 0.1) is 10.6 Å². The molecule has 1 aromatic rings. The summed E-state index contributed by atoms with van der Waals surface area (Å²) < 4.78 is 48.2. The Bertz CT molecular complexity index is 650. The fourth-order valence-corrected chi connectivity index (χ4v) is 3.19. The molecule has 1 rings (SSSR count). The van der Waals surface area contributed by atoms with Gasteiger partial charge in [0.2, 0.25) is 10.0 Å². The van der Waals surface area contributed by atoms with E-state index >= 15 is 0 Å². The van der Waals surface area contributed by atoms with Crippen LogP contribution in [0.25, 0.3) is 0 Å². The van der Waals surface area contributed by atoms with Gasteiger partial charge in [0.25, 0.3) is 0 Å². The summed E-state index contributed by atoms with van der Waals surface area (Å²) in [6.07, 6.45) is 1.07. The molecule has 120 valence electrons. The molecular weight excluding hydrogens is 312 g/mol. The molecule has 0 spiro atoms. The Labute approximate surface area is 126 Å². The minimum Gasteiger partial charge on any atom is -0.310 e. The number of sulfonamides is 1. The summed E-state index contributed by atoms with van der Waals surface area (Å²) in [4.78, 5) is 0.129. The molecule has 21 heavy (non-hydrogen) atoms. The summed E-state index contributed by atoms with van der Waals surface area (Å²) in [7, 11) is -6.85. The molecule has 0 fully saturated rings. The first kappa shape index (κ1) is 18.1. The average Bonchev–Trinajstić information content (AvgIpc) is 2.35. The second-order valence-corrected chi connectivity index (χ2v) is 9.23. The molecule has 1 aromatic carbocycles. The molecular formula is C13H22N2O4S2. The molecule has 6 nitrogen and oxygen atoms in total. The second-order valence-electron chi connectivity index (χ2n) is 5.21. The predicted octanol–water partition coefficient (Wildman–Crippen LogP) is 0.508. The van der Waals surface area contributed by atoms with Crippen molar-refractivity contribution < 1.29 is 16.8 Å². The number of benzene rings is 1. The summed E-state index contributed by atoms with van der Waals surface area (Å²) in [6.45, 7) is 4.60. The molecule has 0 aromatic heterocycles. The van der Waals surface area contributed by atoms with Crippen LogP contribution in [0, 0.1) is 0 Å². The van der Waals surface area contributed by atoms with E-state index in [1.165, 1.54) is 12.1 Å². The van der Waals surface area contributed by atoms with Gasteiger partial charge in [-0.05, 0) is 17.7 Å². The molecule has 0 heterocycles. The van der Waals surface area contributed by atoms with E-state index in [2.05, 4.69) is 10.0 Å². The van der Waals surface area contributed by atoms with Crippen LogP contribution in [0.1, 0.15) is 19.4 Å². The van der Waals surface area contributed by atoms with E-state index in [1.54, 1.807) is 12.1 Å². The van der Waals surface area contributed by atoms with E-state index < -0.39 is 19.9 Å². The third-order valence-electron chi connectivity index (χ3n) is 2.71. The van der Waals surface area contributed by atoms with Crippen molar-refractivity contribution in [1.29, 1.82) is 0 Å². The van der Waals surface area contributed by atoms with E-state index in [9.17, 15) is 16.8 Å². The van der Waals surface area contributed by atoms with Crippen LogP contribution in [0.2, 0.25) is 0 Å². The lowest BCUT2D eigenvalue weighted by molar-refractivity contribution is 0.580. The van der Waals surface area contributed by atoms with Crippen molar-refractivity contribution in [2.24, 2.45) is 0 Å². The summed E-state index contributed by atoms with van der Waals surface area (Å²) >= 11 is 0. The summed E-state index contributed by atoms with van der Waals surface area (Å²) in [6, 6.07) is 6.85. The summed E-state index contributed by atoms with van der Waals surface area (Å²) in [5.41, 5.74) is 0.985. The molecule has 0 atom stereocenters. The normalized spacial score (nSPS) is 12.8. The Kier molecular flexibility index (Phi) is 6.33. The molecule has 0 aliphatic rings. The Balaban J connectivity index is 2.67. The first-order valence-electron chi connectivity index (χ1n) is 6.60. The van der Waals surface area contributed by atoms with E-state index in [0.717, 1.165) is 11.8 Å². The van der Waals surface area contributed by atoms with Crippen molar-refractivity contribution in [2.45, 2.75) is 31.3 Å². The number of rotatable bonds is 8. The zero-order valence-corrected chi connectivity index (χ0v) is 14.1. The molecule has 8 heteroatoms. The second kappa shape index (κ2) is 7.35. The molecule has 0 amide bonds. The van der Waals surface area contributed by atoms with Gasteiger partial charge in [0, 0.05) is 25.4 Å². The lowest BCUT2D eigenvalue weighted by atomic mass is 10.2. The highest BCUT2D eigenvalue weighted by Crippen LogP contribution is 2.10. The molecule has 0 unspecified atom stereocenters. The molecule has 0 radical (unpaired) electrons. The van der Waals surface area contributed by atoms with Gasteiger partial charge >= 0.3 is 0 Å². The maximum absolute atomic E-state index is 12.0. The average molecular weight is 334 g/mol. The number of nitrogens with one attached hydrogen (secondary N) is 2. The highest BCUT2D eigenvalue weighted by molar-refractivity contribution is 7.91. The highest BCUT2D eigenvalue weighted by Gasteiger charge is 2.14. The number of sulfone groups is 1. The van der Waals surface area contributed by atoms with Crippen molar-refractivity contribution in [3.63, 3.8) is 0 Å². The van der Waals surface area contributed by atoms with Gasteiger partial charge < -0.3 is 5.32 Å². The third-order valence-corrected chi connectivity index (χ3v) is 5.14. The number of hydrogen-bond acceptors (Lipinski definition) is 5. The van der Waals surface area contributed by atoms with Crippen molar-refractivity contribution in [3.05, 3.63) is 29.8 Å². The van der Waals surface area contributed by atoms with E-state index in [-0.39, 0.29) is 17.2 Å². The maximum Gasteiger partial charge on any atom is 0.240 e. The van der Waals surface area contributed by atoms with Crippen LogP contribution in [-0.2, 0) is 26.4 Å². The first-order valence-corrected chi connectivity index (χ1v) is 10.1. The van der Waals surface area contributed by atoms with Crippen molar-refractivity contribution >= 4 is 19.9 Å². The van der Waals surface area contributed by atoms with Crippen LogP contribution >= 0.6 is 0 Å². The van der Waals surface area contributed by atoms with Crippen LogP contribution in [-0.4, -0.2) is 41.4 Å². The van der Waals surface area contributed by atoms with E-state index in [1.807, 2.05) is 13.8 Å². The first-order chi connectivity index (χ1) is 9.60. The van der Waals surface area contributed by atoms with Crippen LogP contribution in [0.4, 0.5) is 0 Å². The summed E-state index contributed by atoms with van der Waals surface area (Å²) in [5.74, 6) is -0.220. The van der Waals surface area contributed by atoms with Crippen LogP contribution in [0.15, 0.2) is 29.2 Å². The van der Waals surface area contributed by atoms with E-state index in [4.69, 9.17) is 0 Å². The van der Waals surface area contributed by atoms with Gasteiger partial charge in [-0.25, -0.2) is 21.6 Å². The quantitative estimate of drug-likeness (QED) is 0.722. The van der Waals surface area contributed by atoms with Gasteiger partial charge in [0.1, 0.15) is 9.84 Å². The zero-order valence-electron chi connectivity index (χ0n) is 12.5. The Hall–Kier alpha value is -0.960. The Morgan fingerprint density at radius 2 is 1.62 bits per heavy atom. The van der Waals surface area contributed by atoms with Gasteiger partial charge in [-0.15, -0.1) is 0 Å². The monoisotopic (exact) mass is 334 g/mol. The van der Waals surface area contributed by atoms with Crippen LogP contribution in [0.5, 0.6) is 0 Å². The van der Waals surface area contributed by atoms with Crippen LogP contribution < -0.4 is 10.0 Å². The lowest BCUT2D eigenvalue weighted by Crippen LogP contribution is -2.29. The Morgan fingerprint density at radius 1 is 1.05 bits per heavy atom. The standard InChI is InChI=1S/C13H22N2O4S2/c1-11(2)14-10-12-4-6-13(7-5-12)21(18,19)15-8-9-20(3,16)17/h4-7,11,14-15H,8-10H2,1-3H3. The maximum atomic E-state index is 12.0. The van der Waals surface area contributed by atoms with Crippen molar-refractivity contribution in [1.82, 2.24) is 10.0 Å². The molecule has 0 aliphatic heterocycles. The minimum absolute atomic E-state index is 0.127. The Morgan fingerprint density at radius 3 is 2.10 bits per heavy atom. The topological polar surface area (TPSA) is 92.3 Å². The van der Waals surface area contributed by atoms with E-state index in [0.29, 0.717) is 12.6 Å². The van der Waals surface area contributed by atoms with Crippen molar-refractivity contribution in [2.75, 3.05) is 18.6 Å². The zero-order chi connectivity index (χ0) is 16.1. The lowest BCUT2D eigenvalue weighted by Gasteiger charge is -2.09. The predicted molar refractivity (Wildman–Crippen MR) is 83.3 cm³/mol. The SMILES string of the molecule is CC(C)NCc1ccc(S(=O)(=O)NCCS(C)(=O)=O)cc1.